The Morgan fingerprint density at radius 2 is 2.11 bits per heavy atom. The van der Waals surface area contributed by atoms with E-state index in [1.54, 1.807) is 19.2 Å². The van der Waals surface area contributed by atoms with Crippen LogP contribution in [0.5, 0.6) is 0 Å². The van der Waals surface area contributed by atoms with Gasteiger partial charge in [-0.15, -0.1) is 0 Å². The number of pyridine rings is 1. The highest BCUT2D eigenvalue weighted by molar-refractivity contribution is 5.94. The second kappa shape index (κ2) is 5.09. The molecule has 2 rings (SSSR count). The molecule has 1 aromatic rings. The van der Waals surface area contributed by atoms with Gasteiger partial charge in [-0.25, -0.2) is 4.98 Å². The third-order valence-electron chi connectivity index (χ3n) is 3.82. The zero-order valence-electron chi connectivity index (χ0n) is 11.6. The van der Waals surface area contributed by atoms with Crippen molar-refractivity contribution in [3.63, 3.8) is 0 Å². The van der Waals surface area contributed by atoms with E-state index in [2.05, 4.69) is 23.7 Å². The number of carbonyl (C=O) groups is 1. The van der Waals surface area contributed by atoms with Crippen LogP contribution in [0.4, 0.5) is 5.82 Å². The van der Waals surface area contributed by atoms with Crippen LogP contribution in [0, 0.1) is 5.41 Å². The molecule has 0 aromatic carbocycles. The lowest BCUT2D eigenvalue weighted by Crippen LogP contribution is -2.26. The van der Waals surface area contributed by atoms with Gasteiger partial charge in [0.15, 0.2) is 5.78 Å². The van der Waals surface area contributed by atoms with Gasteiger partial charge in [-0.1, -0.05) is 13.8 Å². The van der Waals surface area contributed by atoms with Gasteiger partial charge in [0.1, 0.15) is 5.82 Å². The Morgan fingerprint density at radius 1 is 1.33 bits per heavy atom. The van der Waals surface area contributed by atoms with E-state index in [4.69, 9.17) is 0 Å². The number of Topliss-reactive ketones (excluding diaryl/α,β-unsaturated/α-hetero) is 1. The van der Waals surface area contributed by atoms with E-state index >= 15 is 0 Å². The quantitative estimate of drug-likeness (QED) is 0.751. The highest BCUT2D eigenvalue weighted by Gasteiger charge is 2.23. The lowest BCUT2D eigenvalue weighted by atomic mass is 9.85. The average Bonchev–Trinajstić information content (AvgIpc) is 2.50. The summed E-state index contributed by atoms with van der Waals surface area (Å²) in [5, 5.41) is 0. The molecule has 3 nitrogen and oxygen atoms in total. The summed E-state index contributed by atoms with van der Waals surface area (Å²) in [6.07, 6.45) is 5.37. The predicted molar refractivity (Wildman–Crippen MR) is 74.1 cm³/mol. The summed E-state index contributed by atoms with van der Waals surface area (Å²) in [4.78, 5) is 18.1. The highest BCUT2D eigenvalue weighted by atomic mass is 16.1. The van der Waals surface area contributed by atoms with Crippen LogP contribution in [0.3, 0.4) is 0 Å². The molecule has 18 heavy (non-hydrogen) atoms. The topological polar surface area (TPSA) is 33.2 Å². The number of carbonyl (C=O) groups excluding carboxylic acids is 1. The molecule has 0 unspecified atom stereocenters. The number of aromatic nitrogens is 1. The second-order valence-corrected chi connectivity index (χ2v) is 5.96. The van der Waals surface area contributed by atoms with Crippen molar-refractivity contribution in [3.05, 3.63) is 23.9 Å². The Kier molecular flexibility index (Phi) is 3.69. The molecule has 1 saturated heterocycles. The molecule has 0 spiro atoms. The number of hydrogen-bond acceptors (Lipinski definition) is 3. The lowest BCUT2D eigenvalue weighted by molar-refractivity contribution is 0.101. The van der Waals surface area contributed by atoms with E-state index in [1.165, 1.54) is 19.3 Å². The molecule has 2 heterocycles. The number of rotatable bonds is 2. The first-order valence-corrected chi connectivity index (χ1v) is 6.70. The van der Waals surface area contributed by atoms with E-state index in [0.717, 1.165) is 24.5 Å². The Morgan fingerprint density at radius 3 is 2.83 bits per heavy atom. The van der Waals surface area contributed by atoms with Gasteiger partial charge in [-0.05, 0) is 43.7 Å². The van der Waals surface area contributed by atoms with Crippen LogP contribution in [0.1, 0.15) is 50.4 Å². The van der Waals surface area contributed by atoms with E-state index in [-0.39, 0.29) is 5.78 Å². The first-order valence-electron chi connectivity index (χ1n) is 6.70. The minimum absolute atomic E-state index is 0.105. The van der Waals surface area contributed by atoms with Crippen molar-refractivity contribution in [1.82, 2.24) is 4.98 Å². The Balaban J connectivity index is 2.16. The van der Waals surface area contributed by atoms with Crippen molar-refractivity contribution >= 4 is 11.6 Å². The molecule has 0 radical (unpaired) electrons. The number of ketones is 1. The van der Waals surface area contributed by atoms with Gasteiger partial charge in [0.2, 0.25) is 0 Å². The molecule has 0 aliphatic carbocycles. The number of anilines is 1. The average molecular weight is 246 g/mol. The summed E-state index contributed by atoms with van der Waals surface area (Å²) < 4.78 is 0. The first kappa shape index (κ1) is 13.1. The van der Waals surface area contributed by atoms with Crippen molar-refractivity contribution in [2.75, 3.05) is 18.0 Å². The molecule has 1 aliphatic heterocycles. The molecule has 1 aliphatic rings. The molecule has 1 aromatic heterocycles. The van der Waals surface area contributed by atoms with Crippen LogP contribution in [0.2, 0.25) is 0 Å². The fourth-order valence-corrected chi connectivity index (χ4v) is 2.46. The van der Waals surface area contributed by atoms with Crippen LogP contribution in [0.15, 0.2) is 18.3 Å². The lowest BCUT2D eigenvalue weighted by Gasteiger charge is -2.24. The van der Waals surface area contributed by atoms with Gasteiger partial charge in [0.25, 0.3) is 0 Å². The molecule has 0 atom stereocenters. The van der Waals surface area contributed by atoms with Crippen LogP contribution in [-0.4, -0.2) is 23.9 Å². The Labute approximate surface area is 109 Å². The van der Waals surface area contributed by atoms with Gasteiger partial charge in [0, 0.05) is 24.8 Å². The molecule has 0 bridgehead atoms. The summed E-state index contributed by atoms with van der Waals surface area (Å²) in [5.41, 5.74) is 1.18. The van der Waals surface area contributed by atoms with Crippen LogP contribution in [-0.2, 0) is 0 Å². The number of hydrogen-bond donors (Lipinski definition) is 0. The second-order valence-electron chi connectivity index (χ2n) is 5.96. The summed E-state index contributed by atoms with van der Waals surface area (Å²) >= 11 is 0. The summed E-state index contributed by atoms with van der Waals surface area (Å²) in [6.45, 7) is 8.33. The standard InChI is InChI=1S/C15H22N2O/c1-12(18)13-5-8-16-14(11-13)17-9-4-6-15(2,3)7-10-17/h5,8,11H,4,6-7,9-10H2,1-3H3. The molecule has 3 heteroatoms. The molecule has 0 saturated carbocycles. The molecule has 98 valence electrons. The third kappa shape index (κ3) is 3.09. The maximum Gasteiger partial charge on any atom is 0.159 e. The fraction of sp³-hybridized carbons (Fsp3) is 0.600. The largest absolute Gasteiger partial charge is 0.357 e. The van der Waals surface area contributed by atoms with E-state index in [9.17, 15) is 4.79 Å². The summed E-state index contributed by atoms with van der Waals surface area (Å²) in [6, 6.07) is 3.70. The predicted octanol–water partition coefficient (Wildman–Crippen LogP) is 3.30. The van der Waals surface area contributed by atoms with Gasteiger partial charge in [0.05, 0.1) is 0 Å². The van der Waals surface area contributed by atoms with Crippen LogP contribution in [0.25, 0.3) is 0 Å². The Bertz CT molecular complexity index is 440. The van der Waals surface area contributed by atoms with Crippen LogP contribution < -0.4 is 4.90 Å². The van der Waals surface area contributed by atoms with Gasteiger partial charge in [-0.2, -0.15) is 0 Å². The first-order chi connectivity index (χ1) is 8.48. The normalized spacial score (nSPS) is 19.4. The number of nitrogens with zero attached hydrogens (tertiary/aromatic N) is 2. The monoisotopic (exact) mass is 246 g/mol. The molecule has 0 amide bonds. The fourth-order valence-electron chi connectivity index (χ4n) is 2.46. The zero-order chi connectivity index (χ0) is 13.2. The van der Waals surface area contributed by atoms with E-state index < -0.39 is 0 Å². The maximum atomic E-state index is 11.4. The van der Waals surface area contributed by atoms with Gasteiger partial charge in [-0.3, -0.25) is 4.79 Å². The van der Waals surface area contributed by atoms with Crippen molar-refractivity contribution in [2.24, 2.45) is 5.41 Å². The minimum Gasteiger partial charge on any atom is -0.357 e. The van der Waals surface area contributed by atoms with Crippen molar-refractivity contribution in [3.8, 4) is 0 Å². The summed E-state index contributed by atoms with van der Waals surface area (Å²) in [7, 11) is 0. The van der Waals surface area contributed by atoms with Crippen LogP contribution >= 0.6 is 0 Å². The minimum atomic E-state index is 0.105. The van der Waals surface area contributed by atoms with Gasteiger partial charge >= 0.3 is 0 Å². The van der Waals surface area contributed by atoms with E-state index in [1.807, 2.05) is 6.07 Å². The maximum absolute atomic E-state index is 11.4. The van der Waals surface area contributed by atoms with Crippen molar-refractivity contribution < 1.29 is 4.79 Å². The zero-order valence-corrected chi connectivity index (χ0v) is 11.6. The third-order valence-corrected chi connectivity index (χ3v) is 3.82. The van der Waals surface area contributed by atoms with Crippen molar-refractivity contribution in [2.45, 2.75) is 40.0 Å². The van der Waals surface area contributed by atoms with E-state index in [0.29, 0.717) is 5.41 Å². The molecular weight excluding hydrogens is 224 g/mol. The molecule has 0 N–H and O–H groups in total. The highest BCUT2D eigenvalue weighted by Crippen LogP contribution is 2.31. The smallest absolute Gasteiger partial charge is 0.159 e. The summed E-state index contributed by atoms with van der Waals surface area (Å²) in [5.74, 6) is 1.05. The molecular formula is C15H22N2O. The van der Waals surface area contributed by atoms with Gasteiger partial charge < -0.3 is 4.90 Å². The Hall–Kier alpha value is -1.38. The molecule has 1 fully saturated rings. The van der Waals surface area contributed by atoms with Crippen molar-refractivity contribution in [1.29, 1.82) is 0 Å². The SMILES string of the molecule is CC(=O)c1ccnc(N2CCCC(C)(C)CC2)c1.